The van der Waals surface area contributed by atoms with Crippen molar-refractivity contribution in [3.05, 3.63) is 0 Å². The number of ether oxygens (including phenoxy) is 2. The third-order valence-corrected chi connectivity index (χ3v) is 3.08. The van der Waals surface area contributed by atoms with Crippen molar-refractivity contribution >= 4 is 6.09 Å². The summed E-state index contributed by atoms with van der Waals surface area (Å²) in [7, 11) is 0. The Bertz CT molecular complexity index is 295. The Morgan fingerprint density at radius 2 is 2.18 bits per heavy atom. The van der Waals surface area contributed by atoms with E-state index in [0.29, 0.717) is 13.2 Å². The molecule has 2 aliphatic rings. The number of carbonyl (C=O) groups excluding carboxylic acids is 1. The van der Waals surface area contributed by atoms with Crippen LogP contribution in [0.2, 0.25) is 0 Å². The van der Waals surface area contributed by atoms with Gasteiger partial charge in [-0.3, -0.25) is 0 Å². The molecule has 0 bridgehead atoms. The molecule has 1 aliphatic heterocycles. The van der Waals surface area contributed by atoms with Gasteiger partial charge in [-0.25, -0.2) is 4.79 Å². The van der Waals surface area contributed by atoms with Crippen LogP contribution in [0.15, 0.2) is 0 Å². The summed E-state index contributed by atoms with van der Waals surface area (Å²) >= 11 is 0. The van der Waals surface area contributed by atoms with Crippen LogP contribution in [-0.2, 0) is 9.47 Å². The molecule has 0 N–H and O–H groups in total. The van der Waals surface area contributed by atoms with E-state index in [1.54, 1.807) is 0 Å². The molecule has 0 radical (unpaired) electrons. The number of fused-ring (bicyclic) bond motifs is 1. The molecule has 0 aromatic carbocycles. The summed E-state index contributed by atoms with van der Waals surface area (Å²) in [6.07, 6.45) is -2.85. The molecule has 2 atom stereocenters. The Hall–Kier alpha value is -0.980. The van der Waals surface area contributed by atoms with Crippen molar-refractivity contribution < 1.29 is 27.4 Å². The topological polar surface area (TPSA) is 38.8 Å². The number of carbonyl (C=O) groups is 1. The van der Waals surface area contributed by atoms with E-state index in [0.717, 1.165) is 19.3 Å². The molecule has 17 heavy (non-hydrogen) atoms. The molecule has 2 unspecified atom stereocenters. The number of rotatable bonds is 1. The second-order valence-electron chi connectivity index (χ2n) is 4.27. The third kappa shape index (κ3) is 3.02. The molecule has 1 saturated heterocycles. The van der Waals surface area contributed by atoms with Crippen LogP contribution in [0.25, 0.3) is 0 Å². The van der Waals surface area contributed by atoms with Crippen molar-refractivity contribution in [3.63, 3.8) is 0 Å². The molecule has 1 saturated carbocycles. The number of nitrogens with zero attached hydrogens (tertiary/aromatic N) is 1. The molecule has 4 nitrogen and oxygen atoms in total. The highest BCUT2D eigenvalue weighted by molar-refractivity contribution is 5.68. The molecule has 1 aliphatic carbocycles. The van der Waals surface area contributed by atoms with Gasteiger partial charge in [0, 0.05) is 6.54 Å². The SMILES string of the molecule is O=C(OCC(F)(F)F)N1CCOC2CCCC21. The number of alkyl halides is 3. The summed E-state index contributed by atoms with van der Waals surface area (Å²) in [4.78, 5) is 12.9. The van der Waals surface area contributed by atoms with E-state index in [-0.39, 0.29) is 12.1 Å². The van der Waals surface area contributed by atoms with E-state index < -0.39 is 18.9 Å². The van der Waals surface area contributed by atoms with Gasteiger partial charge in [-0.1, -0.05) is 0 Å². The number of amides is 1. The fraction of sp³-hybridized carbons (Fsp3) is 0.900. The van der Waals surface area contributed by atoms with Crippen LogP contribution < -0.4 is 0 Å². The second-order valence-corrected chi connectivity index (χ2v) is 4.27. The summed E-state index contributed by atoms with van der Waals surface area (Å²) in [5.41, 5.74) is 0. The van der Waals surface area contributed by atoms with Crippen LogP contribution in [0.5, 0.6) is 0 Å². The van der Waals surface area contributed by atoms with Crippen molar-refractivity contribution in [1.29, 1.82) is 0 Å². The van der Waals surface area contributed by atoms with Gasteiger partial charge in [0.15, 0.2) is 6.61 Å². The quantitative estimate of drug-likeness (QED) is 0.716. The van der Waals surface area contributed by atoms with Gasteiger partial charge in [-0.15, -0.1) is 0 Å². The van der Waals surface area contributed by atoms with Crippen molar-refractivity contribution in [1.82, 2.24) is 4.90 Å². The smallest absolute Gasteiger partial charge is 0.422 e. The fourth-order valence-corrected chi connectivity index (χ4v) is 2.38. The number of hydrogen-bond donors (Lipinski definition) is 0. The highest BCUT2D eigenvalue weighted by atomic mass is 19.4. The maximum absolute atomic E-state index is 11.9. The van der Waals surface area contributed by atoms with E-state index in [1.165, 1.54) is 4.90 Å². The molecule has 2 rings (SSSR count). The van der Waals surface area contributed by atoms with Gasteiger partial charge in [0.1, 0.15) is 0 Å². The Labute approximate surface area is 96.7 Å². The molecular weight excluding hydrogens is 239 g/mol. The molecule has 98 valence electrons. The Morgan fingerprint density at radius 3 is 2.88 bits per heavy atom. The maximum atomic E-state index is 11.9. The Balaban J connectivity index is 1.90. The summed E-state index contributed by atoms with van der Waals surface area (Å²) < 4.78 is 45.5. The summed E-state index contributed by atoms with van der Waals surface area (Å²) in [6.45, 7) is -0.860. The lowest BCUT2D eigenvalue weighted by atomic mass is 10.1. The fourth-order valence-electron chi connectivity index (χ4n) is 2.38. The number of morpholine rings is 1. The van der Waals surface area contributed by atoms with E-state index in [2.05, 4.69) is 4.74 Å². The monoisotopic (exact) mass is 253 g/mol. The first-order chi connectivity index (χ1) is 7.97. The first-order valence-electron chi connectivity index (χ1n) is 5.59. The minimum atomic E-state index is -4.48. The molecule has 0 aromatic rings. The van der Waals surface area contributed by atoms with Gasteiger partial charge < -0.3 is 14.4 Å². The van der Waals surface area contributed by atoms with Gasteiger partial charge in [0.05, 0.1) is 18.8 Å². The summed E-state index contributed by atoms with van der Waals surface area (Å²) in [5.74, 6) is 0. The van der Waals surface area contributed by atoms with Gasteiger partial charge in [0.25, 0.3) is 0 Å². The Morgan fingerprint density at radius 1 is 1.41 bits per heavy atom. The predicted molar refractivity (Wildman–Crippen MR) is 51.5 cm³/mol. The van der Waals surface area contributed by atoms with Crippen molar-refractivity contribution in [2.75, 3.05) is 19.8 Å². The molecule has 1 heterocycles. The third-order valence-electron chi connectivity index (χ3n) is 3.08. The molecule has 7 heteroatoms. The van der Waals surface area contributed by atoms with Crippen molar-refractivity contribution in [2.24, 2.45) is 0 Å². The van der Waals surface area contributed by atoms with Crippen molar-refractivity contribution in [2.45, 2.75) is 37.6 Å². The van der Waals surface area contributed by atoms with Crippen LogP contribution in [0.1, 0.15) is 19.3 Å². The normalized spacial score (nSPS) is 29.0. The lowest BCUT2D eigenvalue weighted by Crippen LogP contribution is -2.51. The minimum Gasteiger partial charge on any atom is -0.440 e. The average molecular weight is 253 g/mol. The van der Waals surface area contributed by atoms with E-state index >= 15 is 0 Å². The zero-order valence-electron chi connectivity index (χ0n) is 9.20. The first kappa shape index (κ1) is 12.5. The maximum Gasteiger partial charge on any atom is 0.422 e. The first-order valence-corrected chi connectivity index (χ1v) is 5.59. The molecule has 2 fully saturated rings. The zero-order valence-corrected chi connectivity index (χ0v) is 9.20. The molecular formula is C10H14F3NO3. The number of halogens is 3. The number of hydrogen-bond acceptors (Lipinski definition) is 3. The van der Waals surface area contributed by atoms with E-state index in [1.807, 2.05) is 0 Å². The van der Waals surface area contributed by atoms with E-state index in [4.69, 9.17) is 4.74 Å². The van der Waals surface area contributed by atoms with Gasteiger partial charge in [-0.2, -0.15) is 13.2 Å². The van der Waals surface area contributed by atoms with Crippen LogP contribution in [0.3, 0.4) is 0 Å². The van der Waals surface area contributed by atoms with Gasteiger partial charge >= 0.3 is 12.3 Å². The zero-order chi connectivity index (χ0) is 12.5. The van der Waals surface area contributed by atoms with Crippen LogP contribution in [-0.4, -0.2) is 49.1 Å². The summed E-state index contributed by atoms with van der Waals surface area (Å²) in [5, 5.41) is 0. The molecule has 1 amide bonds. The molecule has 0 aromatic heterocycles. The van der Waals surface area contributed by atoms with Gasteiger partial charge in [0.2, 0.25) is 0 Å². The predicted octanol–water partition coefficient (Wildman–Crippen LogP) is 1.94. The highest BCUT2D eigenvalue weighted by Crippen LogP contribution is 2.30. The standard InChI is InChI=1S/C10H14F3NO3/c11-10(12,13)6-17-9(15)14-4-5-16-8-3-1-2-7(8)14/h7-8H,1-6H2. The largest absolute Gasteiger partial charge is 0.440 e. The van der Waals surface area contributed by atoms with Crippen LogP contribution in [0.4, 0.5) is 18.0 Å². The van der Waals surface area contributed by atoms with Gasteiger partial charge in [-0.05, 0) is 19.3 Å². The second kappa shape index (κ2) is 4.72. The lowest BCUT2D eigenvalue weighted by molar-refractivity contribution is -0.164. The highest BCUT2D eigenvalue weighted by Gasteiger charge is 2.40. The lowest BCUT2D eigenvalue weighted by Gasteiger charge is -2.36. The minimum absolute atomic E-state index is 0.0396. The average Bonchev–Trinajstić information content (AvgIpc) is 2.72. The van der Waals surface area contributed by atoms with Crippen molar-refractivity contribution in [3.8, 4) is 0 Å². The molecule has 0 spiro atoms. The van der Waals surface area contributed by atoms with Crippen LogP contribution >= 0.6 is 0 Å². The van der Waals surface area contributed by atoms with E-state index in [9.17, 15) is 18.0 Å². The summed E-state index contributed by atoms with van der Waals surface area (Å²) in [6, 6.07) is -0.121. The Kier molecular flexibility index (Phi) is 3.46. The van der Waals surface area contributed by atoms with Crippen LogP contribution in [0, 0.1) is 0 Å².